The fourth-order valence-electron chi connectivity index (χ4n) is 2.85. The Bertz CT molecular complexity index is 1160. The first-order valence-corrected chi connectivity index (χ1v) is 8.85. The van der Waals surface area contributed by atoms with Crippen LogP contribution in [0.15, 0.2) is 58.3 Å². The standard InChI is InChI=1S/C19H13N3O4S/c23-18-17(9-13-10-20-16-4-2-1-3-15(13)16)27-19(24)21(18)11-12-5-7-14(8-6-12)22(25)26/h1-10,23H,11H2/b13-9+. The van der Waals surface area contributed by atoms with Crippen molar-refractivity contribution < 1.29 is 10.0 Å². The van der Waals surface area contributed by atoms with Crippen molar-refractivity contribution >= 4 is 40.6 Å². The fourth-order valence-corrected chi connectivity index (χ4v) is 3.69. The number of hydrogen-bond donors (Lipinski definition) is 1. The number of aliphatic imine (C=N–C) groups is 1. The van der Waals surface area contributed by atoms with Gasteiger partial charge in [0.15, 0.2) is 0 Å². The summed E-state index contributed by atoms with van der Waals surface area (Å²) in [5.74, 6) is -0.131. The van der Waals surface area contributed by atoms with Gasteiger partial charge in [0.1, 0.15) is 0 Å². The zero-order valence-corrected chi connectivity index (χ0v) is 14.7. The van der Waals surface area contributed by atoms with Gasteiger partial charge in [0.2, 0.25) is 5.88 Å². The van der Waals surface area contributed by atoms with Gasteiger partial charge in [-0.2, -0.15) is 0 Å². The number of benzene rings is 2. The van der Waals surface area contributed by atoms with Gasteiger partial charge in [0.25, 0.3) is 5.69 Å². The number of para-hydroxylation sites is 1. The monoisotopic (exact) mass is 379 g/mol. The van der Waals surface area contributed by atoms with Crippen LogP contribution >= 0.6 is 11.3 Å². The lowest BCUT2D eigenvalue weighted by Crippen LogP contribution is -2.13. The van der Waals surface area contributed by atoms with Crippen LogP contribution in [0, 0.1) is 10.1 Å². The number of hydrogen-bond acceptors (Lipinski definition) is 6. The number of aromatic nitrogens is 1. The minimum absolute atomic E-state index is 0.0229. The van der Waals surface area contributed by atoms with Crippen LogP contribution in [0.3, 0.4) is 0 Å². The molecule has 2 heterocycles. The van der Waals surface area contributed by atoms with E-state index in [9.17, 15) is 20.0 Å². The molecule has 134 valence electrons. The van der Waals surface area contributed by atoms with Crippen LogP contribution in [0.1, 0.15) is 16.0 Å². The van der Waals surface area contributed by atoms with E-state index in [2.05, 4.69) is 4.99 Å². The average Bonchev–Trinajstić information content (AvgIpc) is 3.19. The molecule has 1 aromatic heterocycles. The average molecular weight is 379 g/mol. The first-order valence-electron chi connectivity index (χ1n) is 8.04. The molecule has 3 aromatic rings. The molecule has 0 saturated heterocycles. The largest absolute Gasteiger partial charge is 0.493 e. The fraction of sp³-hybridized carbons (Fsp3) is 0.0526. The number of fused-ring (bicyclic) bond motifs is 1. The molecule has 0 atom stereocenters. The topological polar surface area (TPSA) is 97.7 Å². The number of nitro groups is 1. The van der Waals surface area contributed by atoms with Gasteiger partial charge in [0.05, 0.1) is 22.0 Å². The number of aromatic hydroxyl groups is 1. The minimum Gasteiger partial charge on any atom is -0.493 e. The van der Waals surface area contributed by atoms with Crippen LogP contribution in [0.4, 0.5) is 11.4 Å². The molecule has 0 unspecified atom stereocenters. The zero-order chi connectivity index (χ0) is 19.0. The lowest BCUT2D eigenvalue weighted by Gasteiger charge is -2.04. The number of nitro benzene ring substituents is 1. The van der Waals surface area contributed by atoms with Crippen LogP contribution in [0.25, 0.3) is 11.6 Å². The molecule has 0 spiro atoms. The Hall–Kier alpha value is -3.52. The normalized spacial score (nSPS) is 13.9. The van der Waals surface area contributed by atoms with E-state index >= 15 is 0 Å². The Morgan fingerprint density at radius 3 is 2.67 bits per heavy atom. The number of nitrogens with zero attached hydrogens (tertiary/aromatic N) is 3. The van der Waals surface area contributed by atoms with E-state index in [1.54, 1.807) is 24.4 Å². The highest BCUT2D eigenvalue weighted by atomic mass is 32.1. The summed E-state index contributed by atoms with van der Waals surface area (Å²) < 4.78 is 1.25. The van der Waals surface area contributed by atoms with Gasteiger partial charge in [-0.3, -0.25) is 24.5 Å². The molecule has 4 rings (SSSR count). The van der Waals surface area contributed by atoms with Crippen LogP contribution in [0.5, 0.6) is 5.88 Å². The van der Waals surface area contributed by atoms with Crippen molar-refractivity contribution in [3.63, 3.8) is 0 Å². The molecule has 0 aliphatic carbocycles. The second-order valence-electron chi connectivity index (χ2n) is 5.94. The Morgan fingerprint density at radius 1 is 1.19 bits per heavy atom. The molecule has 7 nitrogen and oxygen atoms in total. The third-order valence-corrected chi connectivity index (χ3v) is 5.14. The van der Waals surface area contributed by atoms with Crippen LogP contribution in [-0.2, 0) is 6.54 Å². The maximum atomic E-state index is 12.3. The number of thiazole rings is 1. The maximum absolute atomic E-state index is 12.3. The number of rotatable bonds is 4. The second-order valence-corrected chi connectivity index (χ2v) is 6.93. The molecule has 1 aliphatic heterocycles. The van der Waals surface area contributed by atoms with Gasteiger partial charge in [-0.1, -0.05) is 41.7 Å². The predicted molar refractivity (Wildman–Crippen MR) is 105 cm³/mol. The molecule has 8 heteroatoms. The molecule has 0 bridgehead atoms. The number of non-ortho nitro benzene ring substituents is 1. The lowest BCUT2D eigenvalue weighted by molar-refractivity contribution is -0.384. The maximum Gasteiger partial charge on any atom is 0.310 e. The first kappa shape index (κ1) is 16.9. The molecule has 1 N–H and O–H groups in total. The Labute approximate surface area is 157 Å². The summed E-state index contributed by atoms with van der Waals surface area (Å²) in [7, 11) is 0. The molecular formula is C19H13N3O4S. The zero-order valence-electron chi connectivity index (χ0n) is 13.9. The quantitative estimate of drug-likeness (QED) is 0.550. The summed E-state index contributed by atoms with van der Waals surface area (Å²) in [6.07, 6.45) is 3.44. The summed E-state index contributed by atoms with van der Waals surface area (Å²) in [5.41, 5.74) is 3.28. The van der Waals surface area contributed by atoms with Crippen molar-refractivity contribution in [1.29, 1.82) is 0 Å². The van der Waals surface area contributed by atoms with Crippen molar-refractivity contribution in [2.75, 3.05) is 0 Å². The van der Waals surface area contributed by atoms with Crippen molar-refractivity contribution in [2.24, 2.45) is 4.99 Å². The van der Waals surface area contributed by atoms with Crippen LogP contribution in [0.2, 0.25) is 0 Å². The number of allylic oxidation sites excluding steroid dienone is 1. The smallest absolute Gasteiger partial charge is 0.310 e. The van der Waals surface area contributed by atoms with Gasteiger partial charge in [-0.05, 0) is 17.7 Å². The molecule has 0 fully saturated rings. The summed E-state index contributed by atoms with van der Waals surface area (Å²) in [5, 5.41) is 21.2. The second kappa shape index (κ2) is 6.65. The molecule has 0 amide bonds. The molecule has 27 heavy (non-hydrogen) atoms. The Balaban J connectivity index is 1.65. The Morgan fingerprint density at radius 2 is 1.93 bits per heavy atom. The molecule has 1 aliphatic rings. The van der Waals surface area contributed by atoms with Crippen LogP contribution < -0.4 is 4.87 Å². The first-order chi connectivity index (χ1) is 13.0. The summed E-state index contributed by atoms with van der Waals surface area (Å²) >= 11 is 0.941. The van der Waals surface area contributed by atoms with E-state index in [0.717, 1.165) is 28.2 Å². The summed E-state index contributed by atoms with van der Waals surface area (Å²) in [6, 6.07) is 13.5. The van der Waals surface area contributed by atoms with E-state index in [-0.39, 0.29) is 23.0 Å². The third-order valence-electron chi connectivity index (χ3n) is 4.23. The molecule has 2 aromatic carbocycles. The SMILES string of the molecule is O=c1sc(/C=C2\C=Nc3ccccc32)c(O)n1Cc1ccc([N+](=O)[O-])cc1. The van der Waals surface area contributed by atoms with Crippen molar-refractivity contribution in [1.82, 2.24) is 4.57 Å². The highest BCUT2D eigenvalue weighted by molar-refractivity contribution is 7.10. The lowest BCUT2D eigenvalue weighted by atomic mass is 10.1. The minimum atomic E-state index is -0.483. The molecule has 0 saturated carbocycles. The van der Waals surface area contributed by atoms with Gasteiger partial charge < -0.3 is 5.11 Å². The van der Waals surface area contributed by atoms with Crippen molar-refractivity contribution in [2.45, 2.75) is 6.54 Å². The predicted octanol–water partition coefficient (Wildman–Crippen LogP) is 3.83. The van der Waals surface area contributed by atoms with E-state index < -0.39 is 4.92 Å². The van der Waals surface area contributed by atoms with Gasteiger partial charge >= 0.3 is 4.87 Å². The van der Waals surface area contributed by atoms with Gasteiger partial charge in [-0.25, -0.2) is 0 Å². The molecule has 0 radical (unpaired) electrons. The molecular weight excluding hydrogens is 366 g/mol. The van der Waals surface area contributed by atoms with Crippen molar-refractivity contribution in [3.05, 3.63) is 84.3 Å². The summed E-state index contributed by atoms with van der Waals surface area (Å²) in [6.45, 7) is 0.132. The van der Waals surface area contributed by atoms with Gasteiger partial charge in [0, 0.05) is 29.5 Å². The van der Waals surface area contributed by atoms with Crippen molar-refractivity contribution in [3.8, 4) is 5.88 Å². The van der Waals surface area contributed by atoms with Gasteiger partial charge in [-0.15, -0.1) is 0 Å². The third kappa shape index (κ3) is 3.18. The highest BCUT2D eigenvalue weighted by Crippen LogP contribution is 2.34. The van der Waals surface area contributed by atoms with E-state index in [4.69, 9.17) is 0 Å². The van der Waals surface area contributed by atoms with E-state index in [1.165, 1.54) is 16.7 Å². The summed E-state index contributed by atoms with van der Waals surface area (Å²) in [4.78, 5) is 27.0. The Kier molecular flexibility index (Phi) is 4.17. The van der Waals surface area contributed by atoms with E-state index in [1.807, 2.05) is 24.3 Å². The highest BCUT2D eigenvalue weighted by Gasteiger charge is 2.17. The van der Waals surface area contributed by atoms with E-state index in [0.29, 0.717) is 10.4 Å². The van der Waals surface area contributed by atoms with Crippen LogP contribution in [-0.4, -0.2) is 20.8 Å².